The van der Waals surface area contributed by atoms with E-state index in [9.17, 15) is 4.39 Å². The summed E-state index contributed by atoms with van der Waals surface area (Å²) in [6, 6.07) is 16.1. The van der Waals surface area contributed by atoms with Crippen molar-refractivity contribution in [2.24, 2.45) is 0 Å². The third-order valence-electron chi connectivity index (χ3n) is 5.07. The number of H-pyrrole nitrogens is 1. The van der Waals surface area contributed by atoms with E-state index in [1.165, 1.54) is 18.0 Å². The third-order valence-corrected chi connectivity index (χ3v) is 5.30. The Bertz CT molecular complexity index is 1110. The number of hydrogen-bond donors (Lipinski definition) is 1. The predicted octanol–water partition coefficient (Wildman–Crippen LogP) is 4.90. The largest absolute Gasteiger partial charge is 0.356 e. The Labute approximate surface area is 160 Å². The first-order valence-corrected chi connectivity index (χ1v) is 9.17. The molecular weight excluding hydrogens is 363 g/mol. The number of hydrogen-bond acceptors (Lipinski definition) is 3. The van der Waals surface area contributed by atoms with Crippen molar-refractivity contribution >= 4 is 28.5 Å². The van der Waals surface area contributed by atoms with E-state index < -0.39 is 5.82 Å². The van der Waals surface area contributed by atoms with Crippen LogP contribution in [0.4, 0.5) is 10.3 Å². The third kappa shape index (κ3) is 2.75. The minimum atomic E-state index is -0.437. The smallest absolute Gasteiger partial charge is 0.226 e. The van der Waals surface area contributed by atoms with Crippen molar-refractivity contribution in [2.45, 2.75) is 12.5 Å². The summed E-state index contributed by atoms with van der Waals surface area (Å²) in [5, 5.41) is 1.88. The molecule has 0 amide bonds. The van der Waals surface area contributed by atoms with Gasteiger partial charge in [0.2, 0.25) is 5.95 Å². The maximum Gasteiger partial charge on any atom is 0.226 e. The van der Waals surface area contributed by atoms with Crippen molar-refractivity contribution in [1.29, 1.82) is 0 Å². The molecule has 1 N–H and O–H groups in total. The highest BCUT2D eigenvalue weighted by atomic mass is 35.5. The fourth-order valence-electron chi connectivity index (χ4n) is 3.91. The molecule has 1 atom stereocenters. The minimum Gasteiger partial charge on any atom is -0.356 e. The topological polar surface area (TPSA) is 44.8 Å². The van der Waals surface area contributed by atoms with Crippen molar-refractivity contribution in [1.82, 2.24) is 15.0 Å². The predicted molar refractivity (Wildman–Crippen MR) is 105 cm³/mol. The fraction of sp³-hybridized carbons (Fsp3) is 0.143. The number of aromatic nitrogens is 3. The summed E-state index contributed by atoms with van der Waals surface area (Å²) in [5.41, 5.74) is 4.56. The van der Waals surface area contributed by atoms with Crippen molar-refractivity contribution in [3.05, 3.63) is 88.6 Å². The van der Waals surface area contributed by atoms with E-state index in [4.69, 9.17) is 11.6 Å². The Morgan fingerprint density at radius 1 is 1.07 bits per heavy atom. The molecular formula is C21H16ClFN4. The summed E-state index contributed by atoms with van der Waals surface area (Å²) in [7, 11) is 0. The van der Waals surface area contributed by atoms with E-state index in [1.807, 2.05) is 36.4 Å². The number of halogens is 2. The molecule has 5 rings (SSSR count). The molecule has 2 aromatic heterocycles. The van der Waals surface area contributed by atoms with Crippen LogP contribution in [0.5, 0.6) is 0 Å². The van der Waals surface area contributed by atoms with Gasteiger partial charge in [-0.1, -0.05) is 41.9 Å². The lowest BCUT2D eigenvalue weighted by Crippen LogP contribution is -2.37. The fourth-order valence-corrected chi connectivity index (χ4v) is 4.08. The number of aromatic amines is 1. The van der Waals surface area contributed by atoms with Gasteiger partial charge in [0, 0.05) is 28.2 Å². The van der Waals surface area contributed by atoms with Crippen LogP contribution < -0.4 is 4.90 Å². The Morgan fingerprint density at radius 3 is 2.63 bits per heavy atom. The second-order valence-corrected chi connectivity index (χ2v) is 7.10. The summed E-state index contributed by atoms with van der Waals surface area (Å²) in [6.45, 7) is 0.734. The number of benzene rings is 2. The molecule has 4 nitrogen and oxygen atoms in total. The lowest BCUT2D eigenvalue weighted by atomic mass is 9.92. The van der Waals surface area contributed by atoms with E-state index in [-0.39, 0.29) is 6.04 Å². The van der Waals surface area contributed by atoms with Crippen LogP contribution in [0.1, 0.15) is 22.9 Å². The first kappa shape index (κ1) is 16.3. The average molecular weight is 379 g/mol. The van der Waals surface area contributed by atoms with Crippen LogP contribution in [0.25, 0.3) is 10.9 Å². The summed E-state index contributed by atoms with van der Waals surface area (Å²) >= 11 is 6.23. The molecule has 1 aliphatic rings. The van der Waals surface area contributed by atoms with Crippen molar-refractivity contribution in [3.8, 4) is 0 Å². The van der Waals surface area contributed by atoms with Gasteiger partial charge in [-0.05, 0) is 35.7 Å². The minimum absolute atomic E-state index is 0.0772. The van der Waals surface area contributed by atoms with Crippen LogP contribution in [0.2, 0.25) is 5.02 Å². The van der Waals surface area contributed by atoms with Crippen molar-refractivity contribution < 1.29 is 4.39 Å². The van der Waals surface area contributed by atoms with Crippen LogP contribution in [0.15, 0.2) is 60.9 Å². The molecule has 6 heteroatoms. The summed E-state index contributed by atoms with van der Waals surface area (Å²) in [4.78, 5) is 14.1. The zero-order valence-corrected chi connectivity index (χ0v) is 15.1. The van der Waals surface area contributed by atoms with E-state index in [2.05, 4.69) is 32.0 Å². The zero-order chi connectivity index (χ0) is 18.4. The quantitative estimate of drug-likeness (QED) is 0.539. The first-order valence-electron chi connectivity index (χ1n) is 8.80. The SMILES string of the molecule is Fc1cnc(N2CCc3c([nH]c4ccc(Cl)cc34)C2c2ccccc2)nc1. The molecule has 1 aliphatic heterocycles. The highest BCUT2D eigenvalue weighted by Crippen LogP contribution is 2.40. The van der Waals surface area contributed by atoms with Gasteiger partial charge in [0.15, 0.2) is 5.82 Å². The highest BCUT2D eigenvalue weighted by Gasteiger charge is 2.33. The Kier molecular flexibility index (Phi) is 3.83. The lowest BCUT2D eigenvalue weighted by Gasteiger charge is -2.36. The maximum atomic E-state index is 13.3. The molecule has 0 bridgehead atoms. The van der Waals surface area contributed by atoms with Crippen molar-refractivity contribution in [3.63, 3.8) is 0 Å². The van der Waals surface area contributed by atoms with Crippen LogP contribution >= 0.6 is 11.6 Å². The van der Waals surface area contributed by atoms with Gasteiger partial charge in [0.25, 0.3) is 0 Å². The van der Waals surface area contributed by atoms with Gasteiger partial charge in [-0.2, -0.15) is 0 Å². The molecule has 134 valence electrons. The van der Waals surface area contributed by atoms with E-state index in [0.29, 0.717) is 5.95 Å². The Balaban J connectivity index is 1.71. The van der Waals surface area contributed by atoms with Gasteiger partial charge in [-0.15, -0.1) is 0 Å². The Hall–Kier alpha value is -2.92. The Morgan fingerprint density at radius 2 is 1.85 bits per heavy atom. The molecule has 0 aliphatic carbocycles. The second kappa shape index (κ2) is 6.35. The maximum absolute atomic E-state index is 13.3. The van der Waals surface area contributed by atoms with Crippen molar-refractivity contribution in [2.75, 3.05) is 11.4 Å². The molecule has 0 saturated heterocycles. The van der Waals surface area contributed by atoms with Crippen LogP contribution in [0, 0.1) is 5.82 Å². The molecule has 3 heterocycles. The number of nitrogens with zero attached hydrogens (tertiary/aromatic N) is 3. The molecule has 4 aromatic rings. The van der Waals surface area contributed by atoms with E-state index in [1.54, 1.807) is 0 Å². The molecule has 1 unspecified atom stereocenters. The molecule has 0 spiro atoms. The molecule has 0 saturated carbocycles. The normalized spacial score (nSPS) is 16.5. The monoisotopic (exact) mass is 378 g/mol. The van der Waals surface area contributed by atoms with E-state index in [0.717, 1.165) is 40.1 Å². The number of anilines is 1. The van der Waals surface area contributed by atoms with Crippen LogP contribution in [-0.2, 0) is 6.42 Å². The van der Waals surface area contributed by atoms with Gasteiger partial charge in [0.05, 0.1) is 18.4 Å². The zero-order valence-electron chi connectivity index (χ0n) is 14.4. The van der Waals surface area contributed by atoms with Gasteiger partial charge in [-0.25, -0.2) is 14.4 Å². The molecule has 0 fully saturated rings. The molecule has 27 heavy (non-hydrogen) atoms. The van der Waals surface area contributed by atoms with Gasteiger partial charge in [-0.3, -0.25) is 0 Å². The van der Waals surface area contributed by atoms with Gasteiger partial charge in [0.1, 0.15) is 0 Å². The number of nitrogens with one attached hydrogen (secondary N) is 1. The summed E-state index contributed by atoms with van der Waals surface area (Å²) in [5.74, 6) is 0.0838. The number of rotatable bonds is 2. The molecule has 2 aromatic carbocycles. The van der Waals surface area contributed by atoms with Crippen LogP contribution in [0.3, 0.4) is 0 Å². The second-order valence-electron chi connectivity index (χ2n) is 6.67. The first-order chi connectivity index (χ1) is 13.2. The molecule has 0 radical (unpaired) electrons. The summed E-state index contributed by atoms with van der Waals surface area (Å²) in [6.07, 6.45) is 3.26. The highest BCUT2D eigenvalue weighted by molar-refractivity contribution is 6.31. The summed E-state index contributed by atoms with van der Waals surface area (Å²) < 4.78 is 13.3. The van der Waals surface area contributed by atoms with E-state index >= 15 is 0 Å². The standard InChI is InChI=1S/C21H16ClFN4/c22-14-6-7-18-17(10-14)16-8-9-27(21-24-11-15(23)12-25-21)20(19(16)26-18)13-4-2-1-3-5-13/h1-7,10-12,20,26H,8-9H2. The van der Waals surface area contributed by atoms with Crippen LogP contribution in [-0.4, -0.2) is 21.5 Å². The average Bonchev–Trinajstić information content (AvgIpc) is 3.06. The van der Waals surface area contributed by atoms with Gasteiger partial charge >= 0.3 is 0 Å². The van der Waals surface area contributed by atoms with Gasteiger partial charge < -0.3 is 9.88 Å². The number of fused-ring (bicyclic) bond motifs is 3. The lowest BCUT2D eigenvalue weighted by molar-refractivity contribution is 0.596.